The number of rotatable bonds is 5. The number of nitrogens with zero attached hydrogens (tertiary/aromatic N) is 1. The van der Waals surface area contributed by atoms with Crippen LogP contribution in [-0.2, 0) is 19.1 Å². The number of carbonyl (C=O) groups excluding carboxylic acids is 2. The van der Waals surface area contributed by atoms with Crippen LogP contribution in [-0.4, -0.2) is 36.7 Å². The lowest BCUT2D eigenvalue weighted by molar-refractivity contribution is -0.386. The van der Waals surface area contributed by atoms with Crippen LogP contribution < -0.4 is 4.74 Å². The van der Waals surface area contributed by atoms with Gasteiger partial charge in [0, 0.05) is 6.07 Å². The maximum absolute atomic E-state index is 11.8. The van der Waals surface area contributed by atoms with Crippen LogP contribution in [0.5, 0.6) is 5.75 Å². The smallest absolute Gasteiger partial charge is 0.361 e. The molecule has 0 atom stereocenters. The second kappa shape index (κ2) is 6.21. The van der Waals surface area contributed by atoms with E-state index in [1.807, 2.05) is 0 Å². The molecule has 21 heavy (non-hydrogen) atoms. The van der Waals surface area contributed by atoms with Gasteiger partial charge in [-0.15, -0.1) is 0 Å². The summed E-state index contributed by atoms with van der Waals surface area (Å²) in [4.78, 5) is 33.9. The molecule has 1 aromatic carbocycles. The average molecular weight is 297 g/mol. The molecule has 1 aromatic rings. The Morgan fingerprint density at radius 2 is 1.71 bits per heavy atom. The fraction of sp³-hybridized carbons (Fsp3) is 0.385. The third kappa shape index (κ3) is 3.28. The van der Waals surface area contributed by atoms with Gasteiger partial charge >= 0.3 is 17.6 Å². The Labute approximate surface area is 120 Å². The van der Waals surface area contributed by atoms with Crippen molar-refractivity contribution in [2.45, 2.75) is 19.4 Å². The molecule has 0 unspecified atom stereocenters. The molecule has 0 saturated heterocycles. The molecule has 0 spiro atoms. The zero-order valence-corrected chi connectivity index (χ0v) is 12.0. The molecular weight excluding hydrogens is 282 g/mol. The third-order valence-electron chi connectivity index (χ3n) is 2.78. The first-order chi connectivity index (χ1) is 9.76. The second-order valence-electron chi connectivity index (χ2n) is 4.35. The van der Waals surface area contributed by atoms with Crippen LogP contribution in [0.25, 0.3) is 0 Å². The van der Waals surface area contributed by atoms with Crippen molar-refractivity contribution in [1.82, 2.24) is 0 Å². The van der Waals surface area contributed by atoms with Crippen molar-refractivity contribution in [2.75, 3.05) is 14.2 Å². The molecule has 0 aliphatic rings. The number of nitro benzene ring substituents is 1. The molecule has 0 N–H and O–H groups in total. The topological polar surface area (TPSA) is 105 Å². The van der Waals surface area contributed by atoms with Gasteiger partial charge in [0.05, 0.1) is 19.1 Å². The van der Waals surface area contributed by atoms with Crippen LogP contribution in [0.1, 0.15) is 12.5 Å². The number of ether oxygens (including phenoxy) is 3. The van der Waals surface area contributed by atoms with Crippen molar-refractivity contribution in [2.24, 2.45) is 0 Å². The quantitative estimate of drug-likeness (QED) is 0.350. The molecule has 8 nitrogen and oxygen atoms in total. The van der Waals surface area contributed by atoms with Crippen molar-refractivity contribution < 1.29 is 28.7 Å². The summed E-state index contributed by atoms with van der Waals surface area (Å²) in [7, 11) is 2.13. The van der Waals surface area contributed by atoms with E-state index in [0.717, 1.165) is 21.1 Å². The number of benzene rings is 1. The first-order valence-corrected chi connectivity index (χ1v) is 5.87. The zero-order valence-electron chi connectivity index (χ0n) is 12.0. The molecule has 0 saturated carbocycles. The Hall–Kier alpha value is -2.64. The number of nitro groups is 1. The van der Waals surface area contributed by atoms with Gasteiger partial charge in [0.1, 0.15) is 0 Å². The summed E-state index contributed by atoms with van der Waals surface area (Å²) in [5.41, 5.74) is -1.87. The predicted octanol–water partition coefficient (Wildman–Crippen LogP) is 1.39. The van der Waals surface area contributed by atoms with Gasteiger partial charge in [-0.25, -0.2) is 9.59 Å². The van der Waals surface area contributed by atoms with E-state index in [0.29, 0.717) is 5.56 Å². The van der Waals surface area contributed by atoms with E-state index >= 15 is 0 Å². The molecule has 114 valence electrons. The van der Waals surface area contributed by atoms with E-state index in [9.17, 15) is 19.7 Å². The van der Waals surface area contributed by atoms with Crippen molar-refractivity contribution >= 4 is 17.6 Å². The molecule has 0 heterocycles. The van der Waals surface area contributed by atoms with Gasteiger partial charge in [0.15, 0.2) is 5.75 Å². The number of methoxy groups -OCH3 is 2. The van der Waals surface area contributed by atoms with Crippen LogP contribution >= 0.6 is 0 Å². The highest BCUT2D eigenvalue weighted by Crippen LogP contribution is 2.31. The van der Waals surface area contributed by atoms with E-state index in [2.05, 4.69) is 9.47 Å². The molecule has 0 aromatic heterocycles. The largest absolute Gasteiger partial charge is 0.466 e. The minimum Gasteiger partial charge on any atom is -0.466 e. The summed E-state index contributed by atoms with van der Waals surface area (Å²) in [6.45, 7) is 2.78. The van der Waals surface area contributed by atoms with E-state index < -0.39 is 22.5 Å². The Bertz CT molecular complexity index is 566. The maximum Gasteiger partial charge on any atom is 0.361 e. The fourth-order valence-electron chi connectivity index (χ4n) is 1.63. The molecular formula is C13H15NO7. The van der Waals surface area contributed by atoms with Gasteiger partial charge in [0.2, 0.25) is 0 Å². The molecule has 0 aliphatic carbocycles. The Balaban J connectivity index is 3.31. The zero-order chi connectivity index (χ0) is 16.2. The number of carbonyl (C=O) groups is 2. The number of esters is 2. The van der Waals surface area contributed by atoms with Gasteiger partial charge < -0.3 is 14.2 Å². The van der Waals surface area contributed by atoms with Gasteiger partial charge in [-0.1, -0.05) is 6.07 Å². The molecule has 0 radical (unpaired) electrons. The number of aryl methyl sites for hydroxylation is 1. The first kappa shape index (κ1) is 16.4. The van der Waals surface area contributed by atoms with E-state index in [-0.39, 0.29) is 11.4 Å². The summed E-state index contributed by atoms with van der Waals surface area (Å²) >= 11 is 0. The predicted molar refractivity (Wildman–Crippen MR) is 70.9 cm³/mol. The van der Waals surface area contributed by atoms with Crippen molar-refractivity contribution in [1.29, 1.82) is 0 Å². The maximum atomic E-state index is 11.8. The van der Waals surface area contributed by atoms with Gasteiger partial charge in [0.25, 0.3) is 5.60 Å². The Kier molecular flexibility index (Phi) is 4.85. The normalized spacial score (nSPS) is 10.7. The minimum atomic E-state index is -2.14. The average Bonchev–Trinajstić information content (AvgIpc) is 2.46. The van der Waals surface area contributed by atoms with E-state index in [1.54, 1.807) is 13.0 Å². The summed E-state index contributed by atoms with van der Waals surface area (Å²) in [5, 5.41) is 11.0. The third-order valence-corrected chi connectivity index (χ3v) is 2.78. The van der Waals surface area contributed by atoms with Crippen molar-refractivity contribution in [3.8, 4) is 5.75 Å². The highest BCUT2D eigenvalue weighted by Gasteiger charge is 2.47. The van der Waals surface area contributed by atoms with Gasteiger partial charge in [-0.05, 0) is 25.5 Å². The standard InChI is InChI=1S/C13H15NO7/c1-8-5-6-10(9(7-8)14(17)18)21-13(2,11(15)19-3)12(16)20-4/h5-7H,1-4H3. The van der Waals surface area contributed by atoms with E-state index in [1.165, 1.54) is 12.1 Å². The number of hydrogen-bond acceptors (Lipinski definition) is 7. The highest BCUT2D eigenvalue weighted by molar-refractivity contribution is 6.03. The van der Waals surface area contributed by atoms with Crippen LogP contribution in [0.4, 0.5) is 5.69 Å². The number of hydrogen-bond donors (Lipinski definition) is 0. The Morgan fingerprint density at radius 3 is 2.14 bits per heavy atom. The molecule has 0 bridgehead atoms. The molecule has 0 fully saturated rings. The summed E-state index contributed by atoms with van der Waals surface area (Å²) < 4.78 is 14.3. The SMILES string of the molecule is COC(=O)C(C)(Oc1ccc(C)cc1[N+](=O)[O-])C(=O)OC. The second-order valence-corrected chi connectivity index (χ2v) is 4.35. The van der Waals surface area contributed by atoms with Crippen LogP contribution in [0.3, 0.4) is 0 Å². The molecule has 1 rings (SSSR count). The highest BCUT2D eigenvalue weighted by atomic mass is 16.6. The summed E-state index contributed by atoms with van der Waals surface area (Å²) in [6.07, 6.45) is 0. The van der Waals surface area contributed by atoms with Gasteiger partial charge in [-0.3, -0.25) is 10.1 Å². The molecule has 0 amide bonds. The van der Waals surface area contributed by atoms with Crippen LogP contribution in [0.2, 0.25) is 0 Å². The summed E-state index contributed by atoms with van der Waals surface area (Å²) in [5.74, 6) is -2.28. The van der Waals surface area contributed by atoms with Crippen LogP contribution in [0.15, 0.2) is 18.2 Å². The molecule has 8 heteroatoms. The van der Waals surface area contributed by atoms with E-state index in [4.69, 9.17) is 4.74 Å². The lowest BCUT2D eigenvalue weighted by Gasteiger charge is -2.24. The minimum absolute atomic E-state index is 0.232. The lowest BCUT2D eigenvalue weighted by Crippen LogP contribution is -2.50. The molecule has 0 aliphatic heterocycles. The Morgan fingerprint density at radius 1 is 1.19 bits per heavy atom. The van der Waals surface area contributed by atoms with Crippen molar-refractivity contribution in [3.05, 3.63) is 33.9 Å². The van der Waals surface area contributed by atoms with Crippen LogP contribution in [0, 0.1) is 17.0 Å². The van der Waals surface area contributed by atoms with Crippen molar-refractivity contribution in [3.63, 3.8) is 0 Å². The summed E-state index contributed by atoms with van der Waals surface area (Å²) in [6, 6.07) is 4.12. The monoisotopic (exact) mass is 297 g/mol. The van der Waals surface area contributed by atoms with Gasteiger partial charge in [-0.2, -0.15) is 0 Å². The lowest BCUT2D eigenvalue weighted by atomic mass is 10.1. The first-order valence-electron chi connectivity index (χ1n) is 5.87. The fourth-order valence-corrected chi connectivity index (χ4v) is 1.63.